The molecular formula is C59H37N3S. The van der Waals surface area contributed by atoms with E-state index in [0.717, 1.165) is 27.5 Å². The van der Waals surface area contributed by atoms with Crippen molar-refractivity contribution in [2.75, 3.05) is 0 Å². The number of nitrogens with zero attached hydrogens (tertiary/aromatic N) is 3. The standard InChI is InChI=1S/C59H37N3S/c1-3-15-38(16-4-1)43-33-44(39-17-5-2-6-18-39)35-45(34-43)61-52-24-12-9-21-47(52)49-36-41(28-30-54(49)61)42-29-31-55-50(37-42)48-22-10-13-25-53(48)62(55)56-32-27-40-19-7-8-20-46(40)58(56)59-60-51-23-11-14-26-57(51)63-59/h1-37H. The molecular weight excluding hydrogens is 783 g/mol. The van der Waals surface area contributed by atoms with Crippen LogP contribution in [0.2, 0.25) is 0 Å². The van der Waals surface area contributed by atoms with E-state index in [-0.39, 0.29) is 0 Å². The molecule has 0 spiro atoms. The third-order valence-electron chi connectivity index (χ3n) is 12.7. The molecule has 294 valence electrons. The zero-order valence-corrected chi connectivity index (χ0v) is 34.9. The van der Waals surface area contributed by atoms with Gasteiger partial charge in [0.1, 0.15) is 5.01 Å². The molecule has 63 heavy (non-hydrogen) atoms. The van der Waals surface area contributed by atoms with E-state index in [1.807, 2.05) is 0 Å². The summed E-state index contributed by atoms with van der Waals surface area (Å²) in [5.74, 6) is 0. The van der Waals surface area contributed by atoms with Crippen LogP contribution in [0.25, 0.3) is 120 Å². The first-order valence-electron chi connectivity index (χ1n) is 21.4. The Labute approximate surface area is 368 Å². The van der Waals surface area contributed by atoms with Crippen molar-refractivity contribution < 1.29 is 0 Å². The van der Waals surface area contributed by atoms with Crippen molar-refractivity contribution in [1.82, 2.24) is 14.1 Å². The summed E-state index contributed by atoms with van der Waals surface area (Å²) in [7, 11) is 0. The number of rotatable bonds is 6. The van der Waals surface area contributed by atoms with Gasteiger partial charge in [-0.3, -0.25) is 0 Å². The summed E-state index contributed by atoms with van der Waals surface area (Å²) in [6.45, 7) is 0. The van der Waals surface area contributed by atoms with Crippen LogP contribution >= 0.6 is 11.3 Å². The Morgan fingerprint density at radius 2 is 0.857 bits per heavy atom. The first-order valence-corrected chi connectivity index (χ1v) is 22.3. The lowest BCUT2D eigenvalue weighted by Gasteiger charge is -2.15. The molecule has 3 heterocycles. The lowest BCUT2D eigenvalue weighted by molar-refractivity contribution is 1.18. The summed E-state index contributed by atoms with van der Waals surface area (Å²) in [5.41, 5.74) is 16.3. The molecule has 13 rings (SSSR count). The topological polar surface area (TPSA) is 22.8 Å². The van der Waals surface area contributed by atoms with Gasteiger partial charge in [0, 0.05) is 32.8 Å². The molecule has 0 aliphatic carbocycles. The molecule has 0 fully saturated rings. The van der Waals surface area contributed by atoms with Gasteiger partial charge in [-0.15, -0.1) is 11.3 Å². The van der Waals surface area contributed by atoms with Gasteiger partial charge in [-0.1, -0.05) is 152 Å². The van der Waals surface area contributed by atoms with E-state index >= 15 is 0 Å². The van der Waals surface area contributed by atoms with Gasteiger partial charge in [0.15, 0.2) is 0 Å². The Morgan fingerprint density at radius 1 is 0.333 bits per heavy atom. The van der Waals surface area contributed by atoms with Gasteiger partial charge in [-0.05, 0) is 117 Å². The zero-order valence-electron chi connectivity index (χ0n) is 34.1. The van der Waals surface area contributed by atoms with Gasteiger partial charge in [-0.25, -0.2) is 4.98 Å². The first kappa shape index (κ1) is 35.7. The molecule has 0 saturated carbocycles. The molecule has 0 bridgehead atoms. The summed E-state index contributed by atoms with van der Waals surface area (Å²) >= 11 is 1.76. The quantitative estimate of drug-likeness (QED) is 0.164. The van der Waals surface area contributed by atoms with Gasteiger partial charge >= 0.3 is 0 Å². The van der Waals surface area contributed by atoms with Crippen molar-refractivity contribution in [3.63, 3.8) is 0 Å². The molecule has 4 heteroatoms. The SMILES string of the molecule is c1ccc(-c2cc(-c3ccccc3)cc(-n3c4ccccc4c4cc(-c5ccc6c(c5)c5ccccc5n6-c5ccc6ccccc6c5-c5nc6ccccc6s5)ccc43)c2)cc1. The van der Waals surface area contributed by atoms with E-state index in [1.54, 1.807) is 11.3 Å². The number of fused-ring (bicyclic) bond motifs is 8. The number of benzene rings is 10. The molecule has 0 N–H and O–H groups in total. The normalized spacial score (nSPS) is 11.8. The fraction of sp³-hybridized carbons (Fsp3) is 0. The molecule has 3 aromatic heterocycles. The Kier molecular flexibility index (Phi) is 8.08. The first-order chi connectivity index (χ1) is 31.2. The Bertz CT molecular complexity index is 3820. The maximum atomic E-state index is 5.22. The summed E-state index contributed by atoms with van der Waals surface area (Å²) in [6.07, 6.45) is 0. The molecule has 0 aliphatic rings. The van der Waals surface area contributed by atoms with E-state index in [9.17, 15) is 0 Å². The number of thiazole rings is 1. The van der Waals surface area contributed by atoms with E-state index in [4.69, 9.17) is 4.98 Å². The molecule has 0 aliphatic heterocycles. The lowest BCUT2D eigenvalue weighted by Crippen LogP contribution is -1.98. The van der Waals surface area contributed by atoms with Crippen LogP contribution < -0.4 is 0 Å². The molecule has 13 aromatic rings. The minimum atomic E-state index is 1.03. The molecule has 0 saturated heterocycles. The highest BCUT2D eigenvalue weighted by molar-refractivity contribution is 7.21. The predicted octanol–water partition coefficient (Wildman–Crippen LogP) is 16.3. The maximum Gasteiger partial charge on any atom is 0.127 e. The van der Waals surface area contributed by atoms with Crippen molar-refractivity contribution in [2.24, 2.45) is 0 Å². The van der Waals surface area contributed by atoms with Crippen molar-refractivity contribution in [3.8, 4) is 55.3 Å². The fourth-order valence-electron chi connectivity index (χ4n) is 9.83. The highest BCUT2D eigenvalue weighted by atomic mass is 32.1. The van der Waals surface area contributed by atoms with Crippen LogP contribution in [0.1, 0.15) is 0 Å². The summed E-state index contributed by atoms with van der Waals surface area (Å²) in [4.78, 5) is 5.22. The van der Waals surface area contributed by atoms with Gasteiger partial charge in [0.2, 0.25) is 0 Å². The van der Waals surface area contributed by atoms with Gasteiger partial charge in [0.05, 0.1) is 38.0 Å². The van der Waals surface area contributed by atoms with Crippen LogP contribution in [0, 0.1) is 0 Å². The highest BCUT2D eigenvalue weighted by Crippen LogP contribution is 2.44. The average Bonchev–Trinajstić information content (AvgIpc) is 4.04. The van der Waals surface area contributed by atoms with Crippen LogP contribution in [0.3, 0.4) is 0 Å². The van der Waals surface area contributed by atoms with Gasteiger partial charge in [-0.2, -0.15) is 0 Å². The molecule has 0 unspecified atom stereocenters. The second-order valence-corrected chi connectivity index (χ2v) is 17.4. The van der Waals surface area contributed by atoms with Crippen LogP contribution in [-0.2, 0) is 0 Å². The number of hydrogen-bond acceptors (Lipinski definition) is 2. The van der Waals surface area contributed by atoms with Crippen LogP contribution in [0.4, 0.5) is 0 Å². The monoisotopic (exact) mass is 819 g/mol. The third kappa shape index (κ3) is 5.76. The van der Waals surface area contributed by atoms with E-state index in [1.165, 1.54) is 92.5 Å². The number of hydrogen-bond donors (Lipinski definition) is 0. The Morgan fingerprint density at radius 3 is 1.51 bits per heavy atom. The molecule has 0 radical (unpaired) electrons. The third-order valence-corrected chi connectivity index (χ3v) is 13.8. The Hall–Kier alpha value is -8.05. The minimum absolute atomic E-state index is 1.03. The van der Waals surface area contributed by atoms with E-state index in [0.29, 0.717) is 0 Å². The van der Waals surface area contributed by atoms with Crippen LogP contribution in [-0.4, -0.2) is 14.1 Å². The van der Waals surface area contributed by atoms with E-state index < -0.39 is 0 Å². The maximum absolute atomic E-state index is 5.22. The van der Waals surface area contributed by atoms with E-state index in [2.05, 4.69) is 234 Å². The van der Waals surface area contributed by atoms with Crippen molar-refractivity contribution >= 4 is 75.9 Å². The molecule has 10 aromatic carbocycles. The van der Waals surface area contributed by atoms with Crippen LogP contribution in [0.5, 0.6) is 0 Å². The minimum Gasteiger partial charge on any atom is -0.309 e. The second kappa shape index (κ2) is 14.3. The fourth-order valence-corrected chi connectivity index (χ4v) is 10.9. The summed E-state index contributed by atoms with van der Waals surface area (Å²) in [5, 5.41) is 8.35. The average molecular weight is 820 g/mol. The zero-order chi connectivity index (χ0) is 41.4. The lowest BCUT2D eigenvalue weighted by atomic mass is 9.98. The molecule has 0 atom stereocenters. The number of aromatic nitrogens is 3. The van der Waals surface area contributed by atoms with Crippen molar-refractivity contribution in [2.45, 2.75) is 0 Å². The number of para-hydroxylation sites is 3. The smallest absolute Gasteiger partial charge is 0.127 e. The van der Waals surface area contributed by atoms with Gasteiger partial charge in [0.25, 0.3) is 0 Å². The highest BCUT2D eigenvalue weighted by Gasteiger charge is 2.21. The van der Waals surface area contributed by atoms with Crippen molar-refractivity contribution in [1.29, 1.82) is 0 Å². The summed E-state index contributed by atoms with van der Waals surface area (Å²) < 4.78 is 6.08. The molecule has 0 amide bonds. The predicted molar refractivity (Wildman–Crippen MR) is 268 cm³/mol. The largest absolute Gasteiger partial charge is 0.309 e. The summed E-state index contributed by atoms with van der Waals surface area (Å²) in [6, 6.07) is 81.8. The second-order valence-electron chi connectivity index (χ2n) is 16.3. The van der Waals surface area contributed by atoms with Gasteiger partial charge < -0.3 is 9.13 Å². The van der Waals surface area contributed by atoms with Crippen LogP contribution in [0.15, 0.2) is 224 Å². The molecule has 3 nitrogen and oxygen atoms in total. The Balaban J connectivity index is 0.993. The van der Waals surface area contributed by atoms with Crippen molar-refractivity contribution in [3.05, 3.63) is 224 Å².